The van der Waals surface area contributed by atoms with E-state index in [1.165, 1.54) is 32.1 Å². The first-order valence-corrected chi connectivity index (χ1v) is 17.7. The molecular weight excluding hydrogens is 660 g/mol. The van der Waals surface area contributed by atoms with Crippen LogP contribution in [0.5, 0.6) is 0 Å². The molecular formula is C38H58N2O11. The van der Waals surface area contributed by atoms with Crippen LogP contribution in [-0.4, -0.2) is 154 Å². The highest BCUT2D eigenvalue weighted by molar-refractivity contribution is 5.79. The summed E-state index contributed by atoms with van der Waals surface area (Å²) in [5.41, 5.74) is 4.27. The molecule has 0 aromatic heterocycles. The number of ether oxygens (including phenoxy) is 9. The Morgan fingerprint density at radius 1 is 0.529 bits per heavy atom. The van der Waals surface area contributed by atoms with Gasteiger partial charge in [0.15, 0.2) is 0 Å². The molecule has 0 radical (unpaired) electrons. The molecule has 286 valence electrons. The minimum atomic E-state index is -0.515. The summed E-state index contributed by atoms with van der Waals surface area (Å²) in [6.45, 7) is 13.0. The zero-order chi connectivity index (χ0) is 36.7. The second kappa shape index (κ2) is 24.0. The number of benzene rings is 2. The van der Waals surface area contributed by atoms with Gasteiger partial charge in [-0.1, -0.05) is 48.5 Å². The summed E-state index contributed by atoms with van der Waals surface area (Å²) in [6.07, 6.45) is -0.735. The molecule has 2 amide bonds. The predicted molar refractivity (Wildman–Crippen MR) is 192 cm³/mol. The molecule has 0 atom stereocenters. The van der Waals surface area contributed by atoms with Gasteiger partial charge in [0.2, 0.25) is 0 Å². The maximum absolute atomic E-state index is 12.6. The molecule has 2 aromatic rings. The number of rotatable bonds is 26. The van der Waals surface area contributed by atoms with Gasteiger partial charge in [-0.25, -0.2) is 9.59 Å². The third-order valence-electron chi connectivity index (χ3n) is 7.73. The topological polar surface area (TPSA) is 124 Å². The van der Waals surface area contributed by atoms with E-state index < -0.39 is 5.60 Å². The van der Waals surface area contributed by atoms with E-state index in [0.29, 0.717) is 112 Å². The molecule has 0 bridgehead atoms. The van der Waals surface area contributed by atoms with Crippen molar-refractivity contribution in [2.45, 2.75) is 32.3 Å². The SMILES string of the molecule is CN(CCOCCOCCOCCOCCOCCOCCOCCN(C)C(=O)OC(C)(C)C)C(=O)OCC1c2ccccc2-c2ccccc21. The quantitative estimate of drug-likeness (QED) is 0.124. The number of hydrogen-bond donors (Lipinski definition) is 0. The number of nitrogens with zero attached hydrogens (tertiary/aromatic N) is 2. The highest BCUT2D eigenvalue weighted by Gasteiger charge is 2.29. The first-order valence-electron chi connectivity index (χ1n) is 17.7. The van der Waals surface area contributed by atoms with Crippen molar-refractivity contribution in [3.8, 4) is 11.1 Å². The van der Waals surface area contributed by atoms with Crippen LogP contribution in [0, 0.1) is 0 Å². The van der Waals surface area contributed by atoms with Gasteiger partial charge < -0.3 is 52.4 Å². The third-order valence-corrected chi connectivity index (χ3v) is 7.73. The van der Waals surface area contributed by atoms with Crippen molar-refractivity contribution in [1.82, 2.24) is 9.80 Å². The molecule has 3 rings (SSSR count). The van der Waals surface area contributed by atoms with Crippen LogP contribution in [-0.2, 0) is 42.6 Å². The molecule has 0 unspecified atom stereocenters. The lowest BCUT2D eigenvalue weighted by Crippen LogP contribution is -2.36. The molecule has 13 nitrogen and oxygen atoms in total. The van der Waals surface area contributed by atoms with E-state index in [9.17, 15) is 9.59 Å². The fraction of sp³-hybridized carbons (Fsp3) is 0.632. The number of carbonyl (C=O) groups is 2. The Hall–Kier alpha value is -3.30. The maximum Gasteiger partial charge on any atom is 0.410 e. The maximum atomic E-state index is 12.6. The Morgan fingerprint density at radius 3 is 1.24 bits per heavy atom. The fourth-order valence-electron chi connectivity index (χ4n) is 5.05. The van der Waals surface area contributed by atoms with Crippen LogP contribution in [0.25, 0.3) is 11.1 Å². The van der Waals surface area contributed by atoms with Crippen LogP contribution in [0.2, 0.25) is 0 Å². The zero-order valence-corrected chi connectivity index (χ0v) is 31.1. The standard InChI is InChI=1S/C38H58N2O11/c1-38(2,3)51-37(42)40(5)15-17-44-19-21-46-23-25-48-27-29-49-28-26-47-24-22-45-20-18-43-16-14-39(4)36(41)50-30-35-33-12-8-6-10-31(33)32-11-7-9-13-34(32)35/h6-13,35H,14-30H2,1-5H3. The van der Waals surface area contributed by atoms with E-state index in [4.69, 9.17) is 42.6 Å². The van der Waals surface area contributed by atoms with Crippen LogP contribution < -0.4 is 0 Å². The van der Waals surface area contributed by atoms with Crippen molar-refractivity contribution >= 4 is 12.2 Å². The van der Waals surface area contributed by atoms with Gasteiger partial charge in [0, 0.05) is 33.1 Å². The van der Waals surface area contributed by atoms with E-state index in [1.54, 1.807) is 14.1 Å². The van der Waals surface area contributed by atoms with Crippen molar-refractivity contribution in [2.24, 2.45) is 0 Å². The minimum absolute atomic E-state index is 0.0365. The van der Waals surface area contributed by atoms with Gasteiger partial charge in [0.1, 0.15) is 12.2 Å². The van der Waals surface area contributed by atoms with Crippen LogP contribution in [0.4, 0.5) is 9.59 Å². The molecule has 0 saturated carbocycles. The van der Waals surface area contributed by atoms with E-state index in [1.807, 2.05) is 45.0 Å². The molecule has 1 aliphatic carbocycles. The summed E-state index contributed by atoms with van der Waals surface area (Å²) in [4.78, 5) is 27.5. The lowest BCUT2D eigenvalue weighted by atomic mass is 9.98. The highest BCUT2D eigenvalue weighted by Crippen LogP contribution is 2.44. The van der Waals surface area contributed by atoms with Crippen molar-refractivity contribution in [1.29, 1.82) is 0 Å². The first-order chi connectivity index (χ1) is 24.7. The normalized spacial score (nSPS) is 12.4. The summed E-state index contributed by atoms with van der Waals surface area (Å²) < 4.78 is 49.6. The molecule has 0 fully saturated rings. The predicted octanol–water partition coefficient (Wildman–Crippen LogP) is 4.85. The minimum Gasteiger partial charge on any atom is -0.448 e. The number of hydrogen-bond acceptors (Lipinski definition) is 11. The second-order valence-electron chi connectivity index (χ2n) is 12.9. The Bertz CT molecular complexity index is 1230. The Balaban J connectivity index is 1.03. The lowest BCUT2D eigenvalue weighted by molar-refractivity contribution is -0.0215. The van der Waals surface area contributed by atoms with Gasteiger partial charge in [-0.05, 0) is 43.0 Å². The molecule has 0 saturated heterocycles. The Morgan fingerprint density at radius 2 is 0.863 bits per heavy atom. The number of amides is 2. The second-order valence-corrected chi connectivity index (χ2v) is 12.9. The summed E-state index contributed by atoms with van der Waals surface area (Å²) in [5, 5.41) is 0. The molecule has 51 heavy (non-hydrogen) atoms. The summed E-state index contributed by atoms with van der Waals surface area (Å²) in [5.74, 6) is 0.0365. The van der Waals surface area contributed by atoms with Gasteiger partial charge in [-0.3, -0.25) is 0 Å². The average molecular weight is 719 g/mol. The van der Waals surface area contributed by atoms with Gasteiger partial charge in [0.05, 0.1) is 92.5 Å². The van der Waals surface area contributed by atoms with Gasteiger partial charge >= 0.3 is 12.2 Å². The third kappa shape index (κ3) is 16.7. The number of likely N-dealkylation sites (N-methyl/N-ethyl adjacent to an activating group) is 2. The first kappa shape index (κ1) is 42.1. The summed E-state index contributed by atoms with van der Waals surface area (Å²) in [6, 6.07) is 16.6. The number of carbonyl (C=O) groups excluding carboxylic acids is 2. The van der Waals surface area contributed by atoms with E-state index >= 15 is 0 Å². The summed E-state index contributed by atoms with van der Waals surface area (Å²) >= 11 is 0. The molecule has 0 N–H and O–H groups in total. The van der Waals surface area contributed by atoms with Gasteiger partial charge in [-0.2, -0.15) is 0 Å². The van der Waals surface area contributed by atoms with Crippen LogP contribution in [0.3, 0.4) is 0 Å². The highest BCUT2D eigenvalue weighted by atomic mass is 16.6. The largest absolute Gasteiger partial charge is 0.448 e. The fourth-order valence-corrected chi connectivity index (χ4v) is 5.05. The molecule has 0 aliphatic heterocycles. The molecule has 13 heteroatoms. The monoisotopic (exact) mass is 718 g/mol. The average Bonchev–Trinajstić information content (AvgIpc) is 3.43. The van der Waals surface area contributed by atoms with E-state index in [2.05, 4.69) is 24.3 Å². The number of fused-ring (bicyclic) bond motifs is 3. The Labute approximate surface area is 303 Å². The Kier molecular flexibility index (Phi) is 19.8. The van der Waals surface area contributed by atoms with Crippen molar-refractivity contribution in [3.05, 3.63) is 59.7 Å². The molecule has 0 heterocycles. The van der Waals surface area contributed by atoms with E-state index in [-0.39, 0.29) is 18.1 Å². The van der Waals surface area contributed by atoms with Gasteiger partial charge in [0.25, 0.3) is 0 Å². The lowest BCUT2D eigenvalue weighted by Gasteiger charge is -2.24. The van der Waals surface area contributed by atoms with Crippen LogP contribution in [0.1, 0.15) is 37.8 Å². The molecule has 2 aromatic carbocycles. The van der Waals surface area contributed by atoms with E-state index in [0.717, 1.165) is 0 Å². The zero-order valence-electron chi connectivity index (χ0n) is 31.1. The van der Waals surface area contributed by atoms with Crippen LogP contribution >= 0.6 is 0 Å². The molecule has 1 aliphatic rings. The molecule has 0 spiro atoms. The smallest absolute Gasteiger partial charge is 0.410 e. The summed E-state index contributed by atoms with van der Waals surface area (Å²) in [7, 11) is 3.39. The van der Waals surface area contributed by atoms with Crippen LogP contribution in [0.15, 0.2) is 48.5 Å². The van der Waals surface area contributed by atoms with Crippen molar-refractivity contribution in [2.75, 3.05) is 126 Å². The van der Waals surface area contributed by atoms with Gasteiger partial charge in [-0.15, -0.1) is 0 Å². The van der Waals surface area contributed by atoms with Crippen molar-refractivity contribution in [3.63, 3.8) is 0 Å². The van der Waals surface area contributed by atoms with Crippen molar-refractivity contribution < 1.29 is 52.2 Å².